The van der Waals surface area contributed by atoms with Crippen LogP contribution in [0.1, 0.15) is 39.5 Å². The van der Waals surface area contributed by atoms with Crippen LogP contribution >= 0.6 is 0 Å². The molecule has 22 heavy (non-hydrogen) atoms. The monoisotopic (exact) mass is 308 g/mol. The van der Waals surface area contributed by atoms with Crippen LogP contribution in [0.25, 0.3) is 0 Å². The minimum atomic E-state index is -0.468. The van der Waals surface area contributed by atoms with Gasteiger partial charge in [-0.15, -0.1) is 0 Å². The standard InChI is InChI=1S/C16H24N2O4/c1-3-5-12-17(4-2)16(19)11-8-13-22-15-10-7-6-9-14(15)18(20)21/h6-7,9-10H,3-5,8,11-13H2,1-2H3. The summed E-state index contributed by atoms with van der Waals surface area (Å²) in [4.78, 5) is 24.3. The van der Waals surface area contributed by atoms with Crippen LogP contribution in [0.15, 0.2) is 24.3 Å². The molecule has 1 amide bonds. The van der Waals surface area contributed by atoms with Crippen LogP contribution < -0.4 is 4.74 Å². The molecule has 122 valence electrons. The lowest BCUT2D eigenvalue weighted by Gasteiger charge is -2.20. The fourth-order valence-corrected chi connectivity index (χ4v) is 2.10. The largest absolute Gasteiger partial charge is 0.487 e. The van der Waals surface area contributed by atoms with E-state index in [1.165, 1.54) is 6.07 Å². The molecular formula is C16H24N2O4. The van der Waals surface area contributed by atoms with E-state index in [-0.39, 0.29) is 17.3 Å². The van der Waals surface area contributed by atoms with Gasteiger partial charge in [0.1, 0.15) is 0 Å². The first-order chi connectivity index (χ1) is 10.6. The third-order valence-corrected chi connectivity index (χ3v) is 3.37. The van der Waals surface area contributed by atoms with Crippen molar-refractivity contribution < 1.29 is 14.5 Å². The Morgan fingerprint density at radius 1 is 1.27 bits per heavy atom. The summed E-state index contributed by atoms with van der Waals surface area (Å²) in [5.74, 6) is 0.361. The Hall–Kier alpha value is -2.11. The Bertz CT molecular complexity index is 491. The van der Waals surface area contributed by atoms with Crippen molar-refractivity contribution in [1.82, 2.24) is 4.90 Å². The molecular weight excluding hydrogens is 284 g/mol. The van der Waals surface area contributed by atoms with Crippen molar-refractivity contribution >= 4 is 11.6 Å². The van der Waals surface area contributed by atoms with Crippen molar-refractivity contribution in [3.8, 4) is 5.75 Å². The fourth-order valence-electron chi connectivity index (χ4n) is 2.10. The van der Waals surface area contributed by atoms with Gasteiger partial charge in [-0.2, -0.15) is 0 Å². The Balaban J connectivity index is 2.39. The Morgan fingerprint density at radius 3 is 2.64 bits per heavy atom. The first kappa shape index (κ1) is 17.9. The molecule has 1 rings (SSSR count). The highest BCUT2D eigenvalue weighted by molar-refractivity contribution is 5.76. The van der Waals surface area contributed by atoms with Crippen molar-refractivity contribution in [3.05, 3.63) is 34.4 Å². The van der Waals surface area contributed by atoms with E-state index < -0.39 is 4.92 Å². The molecule has 1 aromatic rings. The molecule has 0 bridgehead atoms. The molecule has 0 unspecified atom stereocenters. The summed E-state index contributed by atoms with van der Waals surface area (Å²) in [6.45, 7) is 5.86. The molecule has 0 aliphatic heterocycles. The predicted octanol–water partition coefficient (Wildman–Crippen LogP) is 3.40. The zero-order valence-corrected chi connectivity index (χ0v) is 13.3. The topological polar surface area (TPSA) is 72.7 Å². The van der Waals surface area contributed by atoms with Crippen LogP contribution in [0, 0.1) is 10.1 Å². The fraction of sp³-hybridized carbons (Fsp3) is 0.562. The molecule has 0 aromatic heterocycles. The summed E-state index contributed by atoms with van der Waals surface area (Å²) in [6.07, 6.45) is 3.02. The first-order valence-electron chi connectivity index (χ1n) is 7.74. The van der Waals surface area contributed by atoms with Gasteiger partial charge in [-0.1, -0.05) is 25.5 Å². The second-order valence-corrected chi connectivity index (χ2v) is 5.00. The summed E-state index contributed by atoms with van der Waals surface area (Å²) in [5.41, 5.74) is -0.0491. The summed E-state index contributed by atoms with van der Waals surface area (Å²) in [7, 11) is 0. The molecule has 1 aromatic carbocycles. The van der Waals surface area contributed by atoms with Crippen molar-refractivity contribution in [1.29, 1.82) is 0 Å². The number of hydrogen-bond acceptors (Lipinski definition) is 4. The van der Waals surface area contributed by atoms with Gasteiger partial charge in [-0.25, -0.2) is 0 Å². The number of nitrogens with zero attached hydrogens (tertiary/aromatic N) is 2. The van der Waals surface area contributed by atoms with E-state index in [4.69, 9.17) is 4.74 Å². The van der Waals surface area contributed by atoms with Gasteiger partial charge < -0.3 is 9.64 Å². The molecule has 0 aliphatic carbocycles. The number of amides is 1. The van der Waals surface area contributed by atoms with Crippen molar-refractivity contribution in [2.24, 2.45) is 0 Å². The van der Waals surface area contributed by atoms with Crippen LogP contribution in [0.3, 0.4) is 0 Å². The van der Waals surface area contributed by atoms with E-state index in [0.29, 0.717) is 26.0 Å². The van der Waals surface area contributed by atoms with Gasteiger partial charge in [0, 0.05) is 25.6 Å². The molecule has 0 spiro atoms. The number of para-hydroxylation sites is 2. The van der Waals surface area contributed by atoms with Crippen LogP contribution in [-0.4, -0.2) is 35.4 Å². The van der Waals surface area contributed by atoms with Gasteiger partial charge in [0.2, 0.25) is 5.91 Å². The van der Waals surface area contributed by atoms with E-state index in [1.807, 2.05) is 11.8 Å². The van der Waals surface area contributed by atoms with E-state index in [0.717, 1.165) is 19.4 Å². The average Bonchev–Trinajstić information content (AvgIpc) is 2.52. The predicted molar refractivity (Wildman–Crippen MR) is 85.0 cm³/mol. The van der Waals surface area contributed by atoms with Gasteiger partial charge in [-0.05, 0) is 25.8 Å². The van der Waals surface area contributed by atoms with Crippen LogP contribution in [0.5, 0.6) is 5.75 Å². The highest BCUT2D eigenvalue weighted by Crippen LogP contribution is 2.25. The zero-order chi connectivity index (χ0) is 16.4. The minimum Gasteiger partial charge on any atom is -0.487 e. The Labute approximate surface area is 131 Å². The number of nitro benzene ring substituents is 1. The van der Waals surface area contributed by atoms with Gasteiger partial charge in [-0.3, -0.25) is 14.9 Å². The smallest absolute Gasteiger partial charge is 0.310 e. The normalized spacial score (nSPS) is 10.3. The molecule has 0 radical (unpaired) electrons. The average molecular weight is 308 g/mol. The number of benzene rings is 1. The lowest BCUT2D eigenvalue weighted by molar-refractivity contribution is -0.385. The Morgan fingerprint density at radius 2 is 2.00 bits per heavy atom. The number of hydrogen-bond donors (Lipinski definition) is 0. The third-order valence-electron chi connectivity index (χ3n) is 3.37. The maximum absolute atomic E-state index is 12.0. The van der Waals surface area contributed by atoms with Gasteiger partial charge in [0.25, 0.3) is 0 Å². The van der Waals surface area contributed by atoms with Crippen LogP contribution in [0.2, 0.25) is 0 Å². The molecule has 0 aliphatic rings. The van der Waals surface area contributed by atoms with E-state index in [1.54, 1.807) is 18.2 Å². The summed E-state index contributed by atoms with van der Waals surface area (Å²) >= 11 is 0. The number of carbonyl (C=O) groups excluding carboxylic acids is 1. The molecule has 0 saturated carbocycles. The molecule has 6 heteroatoms. The van der Waals surface area contributed by atoms with Gasteiger partial charge in [0.05, 0.1) is 11.5 Å². The minimum absolute atomic E-state index is 0.0491. The second kappa shape index (κ2) is 9.76. The Kier molecular flexibility index (Phi) is 7.96. The molecule has 6 nitrogen and oxygen atoms in total. The molecule has 0 heterocycles. The van der Waals surface area contributed by atoms with Crippen molar-refractivity contribution in [2.45, 2.75) is 39.5 Å². The summed E-state index contributed by atoms with van der Waals surface area (Å²) in [6, 6.07) is 6.27. The lowest BCUT2D eigenvalue weighted by Crippen LogP contribution is -2.31. The zero-order valence-electron chi connectivity index (χ0n) is 13.3. The number of unbranched alkanes of at least 4 members (excludes halogenated alkanes) is 1. The quantitative estimate of drug-likeness (QED) is 0.377. The van der Waals surface area contributed by atoms with E-state index in [9.17, 15) is 14.9 Å². The van der Waals surface area contributed by atoms with E-state index in [2.05, 4.69) is 6.92 Å². The number of ether oxygens (including phenoxy) is 1. The van der Waals surface area contributed by atoms with E-state index >= 15 is 0 Å². The van der Waals surface area contributed by atoms with Gasteiger partial charge >= 0.3 is 5.69 Å². The summed E-state index contributed by atoms with van der Waals surface area (Å²) in [5, 5.41) is 10.9. The van der Waals surface area contributed by atoms with Crippen molar-refractivity contribution in [3.63, 3.8) is 0 Å². The number of rotatable bonds is 10. The highest BCUT2D eigenvalue weighted by atomic mass is 16.6. The maximum atomic E-state index is 12.0. The second-order valence-electron chi connectivity index (χ2n) is 5.00. The van der Waals surface area contributed by atoms with Gasteiger partial charge in [0.15, 0.2) is 5.75 Å². The third kappa shape index (κ3) is 5.71. The van der Waals surface area contributed by atoms with Crippen LogP contribution in [-0.2, 0) is 4.79 Å². The molecule has 0 N–H and O–H groups in total. The first-order valence-corrected chi connectivity index (χ1v) is 7.74. The maximum Gasteiger partial charge on any atom is 0.310 e. The number of nitro groups is 1. The lowest BCUT2D eigenvalue weighted by atomic mass is 10.2. The molecule has 0 atom stereocenters. The van der Waals surface area contributed by atoms with Crippen molar-refractivity contribution in [2.75, 3.05) is 19.7 Å². The highest BCUT2D eigenvalue weighted by Gasteiger charge is 2.14. The SMILES string of the molecule is CCCCN(CC)C(=O)CCCOc1ccccc1[N+](=O)[O-]. The molecule has 0 saturated heterocycles. The number of carbonyl (C=O) groups is 1. The summed E-state index contributed by atoms with van der Waals surface area (Å²) < 4.78 is 5.43. The van der Waals surface area contributed by atoms with Crippen LogP contribution in [0.4, 0.5) is 5.69 Å². The molecule has 0 fully saturated rings.